The van der Waals surface area contributed by atoms with E-state index in [9.17, 15) is 9.18 Å². The Labute approximate surface area is 123 Å². The first-order chi connectivity index (χ1) is 10.1. The lowest BCUT2D eigenvalue weighted by Gasteiger charge is -2.14. The zero-order valence-electron chi connectivity index (χ0n) is 12.1. The Balaban J connectivity index is 1.95. The van der Waals surface area contributed by atoms with Gasteiger partial charge in [0.05, 0.1) is 12.7 Å². The van der Waals surface area contributed by atoms with Gasteiger partial charge in [-0.1, -0.05) is 24.3 Å². The highest BCUT2D eigenvalue weighted by molar-refractivity contribution is 5.89. The molecule has 4 heteroatoms. The third-order valence-corrected chi connectivity index (χ3v) is 3.34. The molecule has 0 aliphatic rings. The zero-order chi connectivity index (χ0) is 15.2. The van der Waals surface area contributed by atoms with E-state index in [0.29, 0.717) is 12.1 Å². The van der Waals surface area contributed by atoms with Crippen molar-refractivity contribution in [3.8, 4) is 0 Å². The maximum absolute atomic E-state index is 13.2. The number of carbonyl (C=O) groups excluding carboxylic acids is 1. The molecule has 0 aromatic heterocycles. The molecule has 0 aliphatic carbocycles. The third-order valence-electron chi connectivity index (χ3n) is 3.34. The summed E-state index contributed by atoms with van der Waals surface area (Å²) >= 11 is 0. The highest BCUT2D eigenvalue weighted by Crippen LogP contribution is 2.14. The van der Waals surface area contributed by atoms with E-state index in [-0.39, 0.29) is 17.8 Å². The van der Waals surface area contributed by atoms with E-state index in [0.717, 1.165) is 11.1 Å². The van der Waals surface area contributed by atoms with Gasteiger partial charge in [0.25, 0.3) is 0 Å². The Hall–Kier alpha value is -2.20. The Morgan fingerprint density at radius 3 is 2.57 bits per heavy atom. The minimum absolute atomic E-state index is 0.0426. The van der Waals surface area contributed by atoms with Crippen LogP contribution in [0.5, 0.6) is 0 Å². The van der Waals surface area contributed by atoms with Crippen LogP contribution >= 0.6 is 0 Å². The molecule has 2 rings (SSSR count). The summed E-state index contributed by atoms with van der Waals surface area (Å²) in [6.07, 6.45) is 0. The van der Waals surface area contributed by atoms with Crippen molar-refractivity contribution in [2.75, 3.05) is 7.11 Å². The molecular weight excluding hydrogens is 269 g/mol. The lowest BCUT2D eigenvalue weighted by atomic mass is 10.1. The van der Waals surface area contributed by atoms with E-state index in [2.05, 4.69) is 10.1 Å². The van der Waals surface area contributed by atoms with Crippen molar-refractivity contribution in [3.05, 3.63) is 71.0 Å². The molecule has 1 atom stereocenters. The summed E-state index contributed by atoms with van der Waals surface area (Å²) in [5.41, 5.74) is 2.48. The maximum atomic E-state index is 13.2. The highest BCUT2D eigenvalue weighted by Gasteiger charge is 2.07. The van der Waals surface area contributed by atoms with Gasteiger partial charge >= 0.3 is 5.97 Å². The van der Waals surface area contributed by atoms with E-state index in [1.165, 1.54) is 19.2 Å². The van der Waals surface area contributed by atoms with Crippen LogP contribution in [0.3, 0.4) is 0 Å². The van der Waals surface area contributed by atoms with Crippen LogP contribution in [0.25, 0.3) is 0 Å². The van der Waals surface area contributed by atoms with Gasteiger partial charge in [-0.15, -0.1) is 0 Å². The van der Waals surface area contributed by atoms with Gasteiger partial charge in [-0.2, -0.15) is 0 Å². The molecule has 0 spiro atoms. The molecule has 3 nitrogen and oxygen atoms in total. The summed E-state index contributed by atoms with van der Waals surface area (Å²) in [5, 5.41) is 3.32. The summed E-state index contributed by atoms with van der Waals surface area (Å²) in [6, 6.07) is 13.8. The average molecular weight is 287 g/mol. The molecule has 0 unspecified atom stereocenters. The fourth-order valence-corrected chi connectivity index (χ4v) is 2.04. The van der Waals surface area contributed by atoms with Crippen LogP contribution < -0.4 is 5.32 Å². The third kappa shape index (κ3) is 4.13. The maximum Gasteiger partial charge on any atom is 0.337 e. The molecule has 0 amide bonds. The predicted octanol–water partition coefficient (Wildman–Crippen LogP) is 3.46. The zero-order valence-corrected chi connectivity index (χ0v) is 12.1. The van der Waals surface area contributed by atoms with Gasteiger partial charge in [-0.05, 0) is 42.3 Å². The van der Waals surface area contributed by atoms with Gasteiger partial charge < -0.3 is 10.1 Å². The smallest absolute Gasteiger partial charge is 0.337 e. The predicted molar refractivity (Wildman–Crippen MR) is 79.4 cm³/mol. The van der Waals surface area contributed by atoms with Crippen molar-refractivity contribution in [3.63, 3.8) is 0 Å². The molecule has 0 bridgehead atoms. The largest absolute Gasteiger partial charge is 0.465 e. The van der Waals surface area contributed by atoms with Crippen LogP contribution in [0.4, 0.5) is 4.39 Å². The number of halogens is 1. The van der Waals surface area contributed by atoms with Crippen molar-refractivity contribution in [1.82, 2.24) is 5.32 Å². The number of hydrogen-bond acceptors (Lipinski definition) is 3. The normalized spacial score (nSPS) is 12.0. The molecule has 2 aromatic rings. The molecule has 0 saturated heterocycles. The van der Waals surface area contributed by atoms with Crippen molar-refractivity contribution in [1.29, 1.82) is 0 Å². The number of ether oxygens (including phenoxy) is 1. The monoisotopic (exact) mass is 287 g/mol. The molecular formula is C17H18FNO2. The van der Waals surface area contributed by atoms with E-state index in [1.807, 2.05) is 25.1 Å². The molecule has 0 fully saturated rings. The van der Waals surface area contributed by atoms with Crippen LogP contribution in [-0.4, -0.2) is 13.1 Å². The van der Waals surface area contributed by atoms with E-state index in [4.69, 9.17) is 0 Å². The summed E-state index contributed by atoms with van der Waals surface area (Å²) in [5.74, 6) is -0.578. The Kier molecular flexibility index (Phi) is 5.06. The minimum Gasteiger partial charge on any atom is -0.465 e. The number of nitrogens with one attached hydrogen (secondary N) is 1. The van der Waals surface area contributed by atoms with Crippen molar-refractivity contribution < 1.29 is 13.9 Å². The van der Waals surface area contributed by atoms with Gasteiger partial charge in [0.2, 0.25) is 0 Å². The molecule has 0 heterocycles. The van der Waals surface area contributed by atoms with Gasteiger partial charge in [0, 0.05) is 12.6 Å². The second-order valence-corrected chi connectivity index (χ2v) is 4.85. The second kappa shape index (κ2) is 6.99. The fraction of sp³-hybridized carbons (Fsp3) is 0.235. The van der Waals surface area contributed by atoms with Crippen LogP contribution in [0.2, 0.25) is 0 Å². The van der Waals surface area contributed by atoms with E-state index < -0.39 is 0 Å². The molecule has 0 aliphatic heterocycles. The minimum atomic E-state index is -0.345. The second-order valence-electron chi connectivity index (χ2n) is 4.85. The summed E-state index contributed by atoms with van der Waals surface area (Å²) in [6.45, 7) is 2.62. The SMILES string of the molecule is COC(=O)c1ccc(CN[C@@H](C)c2cccc(F)c2)cc1. The van der Waals surface area contributed by atoms with E-state index >= 15 is 0 Å². The molecule has 0 saturated carbocycles. The number of carbonyl (C=O) groups is 1. The van der Waals surface area contributed by atoms with Crippen LogP contribution in [0.15, 0.2) is 48.5 Å². The first-order valence-electron chi connectivity index (χ1n) is 6.76. The number of methoxy groups -OCH3 is 1. The van der Waals surface area contributed by atoms with Crippen molar-refractivity contribution >= 4 is 5.97 Å². The Morgan fingerprint density at radius 2 is 1.95 bits per heavy atom. The van der Waals surface area contributed by atoms with Gasteiger partial charge in [0.15, 0.2) is 0 Å². The van der Waals surface area contributed by atoms with Crippen molar-refractivity contribution in [2.45, 2.75) is 19.5 Å². The van der Waals surface area contributed by atoms with E-state index in [1.54, 1.807) is 18.2 Å². The number of benzene rings is 2. The van der Waals surface area contributed by atoms with Crippen LogP contribution in [-0.2, 0) is 11.3 Å². The fourth-order valence-electron chi connectivity index (χ4n) is 2.04. The standard InChI is InChI=1S/C17H18FNO2/c1-12(15-4-3-5-16(18)10-15)19-11-13-6-8-14(9-7-13)17(20)21-2/h3-10,12,19H,11H2,1-2H3/t12-/m0/s1. The van der Waals surface area contributed by atoms with Gasteiger partial charge in [-0.3, -0.25) is 0 Å². The summed E-state index contributed by atoms with van der Waals surface area (Å²) in [7, 11) is 1.36. The van der Waals surface area contributed by atoms with Gasteiger partial charge in [-0.25, -0.2) is 9.18 Å². The lowest BCUT2D eigenvalue weighted by Crippen LogP contribution is -2.18. The Morgan fingerprint density at radius 1 is 1.24 bits per heavy atom. The summed E-state index contributed by atoms with van der Waals surface area (Å²) < 4.78 is 17.8. The quantitative estimate of drug-likeness (QED) is 0.856. The molecule has 2 aromatic carbocycles. The number of rotatable bonds is 5. The molecule has 1 N–H and O–H groups in total. The van der Waals surface area contributed by atoms with Crippen molar-refractivity contribution in [2.24, 2.45) is 0 Å². The molecule has 21 heavy (non-hydrogen) atoms. The lowest BCUT2D eigenvalue weighted by molar-refractivity contribution is 0.0600. The number of esters is 1. The topological polar surface area (TPSA) is 38.3 Å². The number of hydrogen-bond donors (Lipinski definition) is 1. The first kappa shape index (κ1) is 15.2. The summed E-state index contributed by atoms with van der Waals surface area (Å²) in [4.78, 5) is 11.3. The van der Waals surface area contributed by atoms with Gasteiger partial charge in [0.1, 0.15) is 5.82 Å². The molecule has 0 radical (unpaired) electrons. The average Bonchev–Trinajstić information content (AvgIpc) is 2.52. The van der Waals surface area contributed by atoms with Crippen LogP contribution in [0.1, 0.15) is 34.5 Å². The molecule has 110 valence electrons. The first-order valence-corrected chi connectivity index (χ1v) is 6.76. The Bertz CT molecular complexity index is 610. The van der Waals surface area contributed by atoms with Crippen LogP contribution in [0, 0.1) is 5.82 Å². The highest BCUT2D eigenvalue weighted by atomic mass is 19.1.